The van der Waals surface area contributed by atoms with Gasteiger partial charge in [-0.3, -0.25) is 0 Å². The summed E-state index contributed by atoms with van der Waals surface area (Å²) in [6.45, 7) is 2.00. The minimum atomic E-state index is -0.673. The third-order valence-corrected chi connectivity index (χ3v) is 3.26. The minimum absolute atomic E-state index is 0.319. The van der Waals surface area contributed by atoms with Gasteiger partial charge in [-0.1, -0.05) is 26.2 Å². The van der Waals surface area contributed by atoms with Crippen LogP contribution in [0, 0.1) is 0 Å². The third kappa shape index (κ3) is 1.63. The van der Waals surface area contributed by atoms with Gasteiger partial charge < -0.3 is 17.2 Å². The van der Waals surface area contributed by atoms with Crippen molar-refractivity contribution in [2.75, 3.05) is 0 Å². The molecule has 0 unspecified atom stereocenters. The lowest BCUT2D eigenvalue weighted by molar-refractivity contribution is 0.158. The Labute approximate surface area is 74.7 Å². The predicted molar refractivity (Wildman–Crippen MR) is 51.4 cm³/mol. The van der Waals surface area contributed by atoms with Gasteiger partial charge in [-0.05, 0) is 19.3 Å². The molecule has 0 bridgehead atoms. The first-order valence-electron chi connectivity index (χ1n) is 4.88. The van der Waals surface area contributed by atoms with E-state index in [1.807, 2.05) is 6.92 Å². The van der Waals surface area contributed by atoms with Crippen LogP contribution in [0.3, 0.4) is 0 Å². The van der Waals surface area contributed by atoms with Gasteiger partial charge in [0.1, 0.15) is 0 Å². The van der Waals surface area contributed by atoms with Crippen LogP contribution in [-0.2, 0) is 0 Å². The summed E-state index contributed by atoms with van der Waals surface area (Å²) in [6.07, 6.45) is 6.34. The molecule has 1 aliphatic rings. The van der Waals surface area contributed by atoms with Crippen molar-refractivity contribution in [3.05, 3.63) is 0 Å². The van der Waals surface area contributed by atoms with E-state index in [-0.39, 0.29) is 5.54 Å². The van der Waals surface area contributed by atoms with Gasteiger partial charge >= 0.3 is 0 Å². The number of nitrogens with two attached hydrogens (primary N) is 3. The van der Waals surface area contributed by atoms with Crippen molar-refractivity contribution in [3.8, 4) is 0 Å². The van der Waals surface area contributed by atoms with E-state index >= 15 is 0 Å². The maximum atomic E-state index is 6.20. The fraction of sp³-hybridized carbons (Fsp3) is 1.00. The fourth-order valence-corrected chi connectivity index (χ4v) is 2.00. The average Bonchev–Trinajstić information content (AvgIpc) is 2.06. The monoisotopic (exact) mass is 171 g/mol. The summed E-state index contributed by atoms with van der Waals surface area (Å²) in [7, 11) is 0. The Bertz CT molecular complexity index is 148. The van der Waals surface area contributed by atoms with Crippen molar-refractivity contribution in [2.24, 2.45) is 17.2 Å². The van der Waals surface area contributed by atoms with Gasteiger partial charge in [0.15, 0.2) is 0 Å². The first-order chi connectivity index (χ1) is 5.52. The molecule has 1 rings (SSSR count). The highest BCUT2D eigenvalue weighted by Crippen LogP contribution is 2.32. The first-order valence-corrected chi connectivity index (χ1v) is 4.88. The summed E-state index contributed by atoms with van der Waals surface area (Å²) in [6, 6.07) is 0. The molecule has 0 amide bonds. The maximum absolute atomic E-state index is 6.20. The van der Waals surface area contributed by atoms with E-state index in [1.165, 1.54) is 19.3 Å². The molecule has 3 nitrogen and oxygen atoms in total. The van der Waals surface area contributed by atoms with E-state index in [0.29, 0.717) is 0 Å². The van der Waals surface area contributed by atoms with Crippen LogP contribution in [0.1, 0.15) is 45.4 Å². The standard InChI is InChI=1S/C9H21N3/c1-2-9(11,12)8(10)6-4-3-5-7-8/h2-7,10-12H2,1H3. The predicted octanol–water partition coefficient (Wildman–Crippen LogP) is 0.672. The molecule has 12 heavy (non-hydrogen) atoms. The van der Waals surface area contributed by atoms with Crippen molar-refractivity contribution in [3.63, 3.8) is 0 Å². The van der Waals surface area contributed by atoms with E-state index in [2.05, 4.69) is 0 Å². The molecule has 0 aromatic rings. The summed E-state index contributed by atoms with van der Waals surface area (Å²) >= 11 is 0. The Balaban J connectivity index is 2.68. The largest absolute Gasteiger partial charge is 0.322 e. The molecule has 0 heterocycles. The zero-order chi connectivity index (χ0) is 9.24. The lowest BCUT2D eigenvalue weighted by Gasteiger charge is -2.45. The van der Waals surface area contributed by atoms with Gasteiger partial charge in [0.2, 0.25) is 0 Å². The molecule has 0 spiro atoms. The fourth-order valence-electron chi connectivity index (χ4n) is 2.00. The van der Waals surface area contributed by atoms with Crippen LogP contribution in [-0.4, -0.2) is 11.2 Å². The van der Waals surface area contributed by atoms with Gasteiger partial charge in [-0.2, -0.15) is 0 Å². The molecule has 0 atom stereocenters. The molecule has 1 fully saturated rings. The number of hydrogen-bond donors (Lipinski definition) is 3. The molecular weight excluding hydrogens is 150 g/mol. The second-order valence-corrected chi connectivity index (χ2v) is 4.11. The van der Waals surface area contributed by atoms with Gasteiger partial charge in [-0.25, -0.2) is 0 Å². The molecule has 0 aromatic heterocycles. The topological polar surface area (TPSA) is 78.1 Å². The van der Waals surface area contributed by atoms with E-state index in [4.69, 9.17) is 17.2 Å². The normalized spacial score (nSPS) is 24.0. The van der Waals surface area contributed by atoms with Crippen molar-refractivity contribution >= 4 is 0 Å². The zero-order valence-electron chi connectivity index (χ0n) is 7.97. The Hall–Kier alpha value is -0.120. The van der Waals surface area contributed by atoms with E-state index in [9.17, 15) is 0 Å². The molecule has 1 aliphatic carbocycles. The van der Waals surface area contributed by atoms with Crippen LogP contribution in [0.25, 0.3) is 0 Å². The smallest absolute Gasteiger partial charge is 0.0818 e. The zero-order valence-corrected chi connectivity index (χ0v) is 7.97. The molecule has 3 heteroatoms. The molecule has 6 N–H and O–H groups in total. The van der Waals surface area contributed by atoms with Crippen LogP contribution in [0.4, 0.5) is 0 Å². The highest BCUT2D eigenvalue weighted by Gasteiger charge is 2.42. The number of hydrogen-bond acceptors (Lipinski definition) is 3. The van der Waals surface area contributed by atoms with E-state index in [0.717, 1.165) is 19.3 Å². The Morgan fingerprint density at radius 2 is 1.67 bits per heavy atom. The quantitative estimate of drug-likeness (QED) is 0.534. The molecular formula is C9H21N3. The summed E-state index contributed by atoms with van der Waals surface area (Å²) in [5, 5.41) is 0. The summed E-state index contributed by atoms with van der Waals surface area (Å²) < 4.78 is 0. The van der Waals surface area contributed by atoms with Crippen molar-refractivity contribution in [2.45, 2.75) is 56.7 Å². The van der Waals surface area contributed by atoms with Gasteiger partial charge in [0, 0.05) is 5.54 Å². The number of rotatable bonds is 2. The maximum Gasteiger partial charge on any atom is 0.0818 e. The van der Waals surface area contributed by atoms with Crippen LogP contribution in [0.15, 0.2) is 0 Å². The highest BCUT2D eigenvalue weighted by molar-refractivity contribution is 5.03. The SMILES string of the molecule is CCC(N)(N)C1(N)CCCCC1. The van der Waals surface area contributed by atoms with Crippen LogP contribution < -0.4 is 17.2 Å². The first kappa shape index (κ1) is 9.96. The van der Waals surface area contributed by atoms with E-state index in [1.54, 1.807) is 0 Å². The molecule has 0 radical (unpaired) electrons. The summed E-state index contributed by atoms with van der Waals surface area (Å²) in [5.41, 5.74) is 17.2. The second-order valence-electron chi connectivity index (χ2n) is 4.11. The van der Waals surface area contributed by atoms with Gasteiger partial charge in [-0.15, -0.1) is 0 Å². The third-order valence-electron chi connectivity index (χ3n) is 3.26. The van der Waals surface area contributed by atoms with Gasteiger partial charge in [0.25, 0.3) is 0 Å². The van der Waals surface area contributed by atoms with Crippen LogP contribution >= 0.6 is 0 Å². The molecule has 0 aliphatic heterocycles. The highest BCUT2D eigenvalue weighted by atomic mass is 15.1. The minimum Gasteiger partial charge on any atom is -0.322 e. The Morgan fingerprint density at radius 3 is 2.08 bits per heavy atom. The van der Waals surface area contributed by atoms with Crippen molar-refractivity contribution in [1.29, 1.82) is 0 Å². The summed E-state index contributed by atoms with van der Waals surface area (Å²) in [5.74, 6) is 0. The van der Waals surface area contributed by atoms with E-state index < -0.39 is 5.66 Å². The Morgan fingerprint density at radius 1 is 1.17 bits per heavy atom. The van der Waals surface area contributed by atoms with Crippen LogP contribution in [0.2, 0.25) is 0 Å². The molecule has 0 aromatic carbocycles. The summed E-state index contributed by atoms with van der Waals surface area (Å²) in [4.78, 5) is 0. The molecule has 0 saturated heterocycles. The van der Waals surface area contributed by atoms with Crippen molar-refractivity contribution in [1.82, 2.24) is 0 Å². The van der Waals surface area contributed by atoms with Crippen molar-refractivity contribution < 1.29 is 0 Å². The van der Waals surface area contributed by atoms with Gasteiger partial charge in [0.05, 0.1) is 5.66 Å². The lowest BCUT2D eigenvalue weighted by Crippen LogP contribution is -2.71. The Kier molecular flexibility index (Phi) is 2.76. The average molecular weight is 171 g/mol. The molecule has 1 saturated carbocycles. The second kappa shape index (κ2) is 3.32. The molecule has 72 valence electrons. The lowest BCUT2D eigenvalue weighted by atomic mass is 9.73. The van der Waals surface area contributed by atoms with Crippen LogP contribution in [0.5, 0.6) is 0 Å².